The van der Waals surface area contributed by atoms with E-state index in [1.165, 1.54) is 12.1 Å². The van der Waals surface area contributed by atoms with Crippen molar-refractivity contribution < 1.29 is 9.18 Å². The zero-order valence-electron chi connectivity index (χ0n) is 12.7. The largest absolute Gasteiger partial charge is 0.305 e. The minimum Gasteiger partial charge on any atom is -0.305 e. The second-order valence-electron chi connectivity index (χ2n) is 5.08. The number of carbonyl (C=O) groups is 1. The monoisotopic (exact) mass is 310 g/mol. The van der Waals surface area contributed by atoms with E-state index in [0.29, 0.717) is 11.5 Å². The summed E-state index contributed by atoms with van der Waals surface area (Å²) in [5, 5.41) is 2.63. The third-order valence-corrected chi connectivity index (χ3v) is 3.47. The zero-order valence-corrected chi connectivity index (χ0v) is 12.7. The molecule has 3 aromatic rings. The summed E-state index contributed by atoms with van der Waals surface area (Å²) in [6.07, 6.45) is 1.05. The van der Waals surface area contributed by atoms with Gasteiger partial charge >= 0.3 is 0 Å². The van der Waals surface area contributed by atoms with Crippen molar-refractivity contribution in [3.63, 3.8) is 0 Å². The number of halogens is 1. The van der Waals surface area contributed by atoms with Gasteiger partial charge in [-0.1, -0.05) is 18.2 Å². The van der Waals surface area contributed by atoms with Crippen LogP contribution in [-0.4, -0.2) is 20.4 Å². The van der Waals surface area contributed by atoms with E-state index >= 15 is 0 Å². The van der Waals surface area contributed by atoms with Gasteiger partial charge in [0.2, 0.25) is 0 Å². The molecule has 6 heteroatoms. The number of para-hydroxylation sites is 1. The van der Waals surface area contributed by atoms with E-state index < -0.39 is 5.82 Å². The predicted molar refractivity (Wildman–Crippen MR) is 85.2 cm³/mol. The van der Waals surface area contributed by atoms with Crippen molar-refractivity contribution in [2.45, 2.75) is 13.8 Å². The Morgan fingerprint density at radius 1 is 1.13 bits per heavy atom. The van der Waals surface area contributed by atoms with Gasteiger partial charge in [-0.15, -0.1) is 0 Å². The number of rotatable bonds is 3. The number of anilines is 1. The number of nitrogens with one attached hydrogen (secondary N) is 1. The van der Waals surface area contributed by atoms with Crippen LogP contribution < -0.4 is 5.32 Å². The molecule has 2 heterocycles. The standard InChI is InChI=1S/C17H15FN4O/c1-11-16(17(23)21-15-9-8-13(18)10-19-15)20-12(2)22(11)14-6-4-3-5-7-14/h3-10H,1-2H3,(H,19,21,23). The van der Waals surface area contributed by atoms with Crippen molar-refractivity contribution in [1.82, 2.24) is 14.5 Å². The number of amides is 1. The second kappa shape index (κ2) is 6.00. The molecule has 0 saturated carbocycles. The molecule has 0 bridgehead atoms. The number of nitrogens with zero attached hydrogens (tertiary/aromatic N) is 3. The fourth-order valence-corrected chi connectivity index (χ4v) is 2.44. The summed E-state index contributed by atoms with van der Waals surface area (Å²) in [4.78, 5) is 20.6. The maximum absolute atomic E-state index is 12.9. The number of aryl methyl sites for hydroxylation is 1. The van der Waals surface area contributed by atoms with Crippen LogP contribution in [0.5, 0.6) is 0 Å². The van der Waals surface area contributed by atoms with Crippen molar-refractivity contribution in [2.24, 2.45) is 0 Å². The Hall–Kier alpha value is -3.02. The third kappa shape index (κ3) is 2.96. The number of aromatic nitrogens is 3. The number of carbonyl (C=O) groups excluding carboxylic acids is 1. The lowest BCUT2D eigenvalue weighted by molar-refractivity contribution is 0.102. The summed E-state index contributed by atoms with van der Waals surface area (Å²) in [7, 11) is 0. The third-order valence-electron chi connectivity index (χ3n) is 3.47. The number of hydrogen-bond donors (Lipinski definition) is 1. The molecule has 0 spiro atoms. The summed E-state index contributed by atoms with van der Waals surface area (Å²) < 4.78 is 14.8. The average Bonchev–Trinajstić information content (AvgIpc) is 2.85. The Kier molecular flexibility index (Phi) is 3.89. The molecular formula is C17H15FN4O. The molecule has 23 heavy (non-hydrogen) atoms. The van der Waals surface area contributed by atoms with Gasteiger partial charge < -0.3 is 9.88 Å². The maximum atomic E-state index is 12.9. The van der Waals surface area contributed by atoms with Crippen LogP contribution in [0.15, 0.2) is 48.7 Å². The van der Waals surface area contributed by atoms with Crippen molar-refractivity contribution in [2.75, 3.05) is 5.32 Å². The van der Waals surface area contributed by atoms with E-state index in [-0.39, 0.29) is 11.7 Å². The van der Waals surface area contributed by atoms with E-state index in [9.17, 15) is 9.18 Å². The smallest absolute Gasteiger partial charge is 0.277 e. The molecule has 2 aromatic heterocycles. The van der Waals surface area contributed by atoms with Crippen molar-refractivity contribution in [3.8, 4) is 5.69 Å². The highest BCUT2D eigenvalue weighted by Gasteiger charge is 2.18. The topological polar surface area (TPSA) is 59.8 Å². The highest BCUT2D eigenvalue weighted by atomic mass is 19.1. The van der Waals surface area contributed by atoms with E-state index in [1.54, 1.807) is 0 Å². The number of pyridine rings is 1. The van der Waals surface area contributed by atoms with Crippen molar-refractivity contribution in [3.05, 3.63) is 71.7 Å². The fraction of sp³-hybridized carbons (Fsp3) is 0.118. The SMILES string of the molecule is Cc1nc(C(=O)Nc2ccc(F)cn2)c(C)n1-c1ccccc1. The van der Waals surface area contributed by atoms with Gasteiger partial charge in [0.15, 0.2) is 0 Å². The zero-order chi connectivity index (χ0) is 16.4. The summed E-state index contributed by atoms with van der Waals surface area (Å²) >= 11 is 0. The lowest BCUT2D eigenvalue weighted by Gasteiger charge is -2.08. The lowest BCUT2D eigenvalue weighted by Crippen LogP contribution is -2.15. The van der Waals surface area contributed by atoms with Crippen LogP contribution in [0.25, 0.3) is 5.69 Å². The molecule has 116 valence electrons. The lowest BCUT2D eigenvalue weighted by atomic mass is 10.2. The molecule has 5 nitrogen and oxygen atoms in total. The molecule has 0 aliphatic heterocycles. The molecule has 0 aliphatic carbocycles. The van der Waals surface area contributed by atoms with E-state index in [2.05, 4.69) is 15.3 Å². The molecule has 0 unspecified atom stereocenters. The van der Waals surface area contributed by atoms with E-state index in [1.807, 2.05) is 48.7 Å². The van der Waals surface area contributed by atoms with Gasteiger partial charge in [-0.25, -0.2) is 14.4 Å². The first-order chi connectivity index (χ1) is 11.1. The summed E-state index contributed by atoms with van der Waals surface area (Å²) in [6.45, 7) is 3.67. The first-order valence-electron chi connectivity index (χ1n) is 7.10. The van der Waals surface area contributed by atoms with Crippen molar-refractivity contribution >= 4 is 11.7 Å². The quantitative estimate of drug-likeness (QED) is 0.807. The van der Waals surface area contributed by atoms with Crippen LogP contribution in [0.1, 0.15) is 22.0 Å². The highest BCUT2D eigenvalue weighted by Crippen LogP contribution is 2.18. The molecule has 0 atom stereocenters. The minimum atomic E-state index is -0.455. The first-order valence-corrected chi connectivity index (χ1v) is 7.10. The summed E-state index contributed by atoms with van der Waals surface area (Å²) in [6, 6.07) is 12.3. The van der Waals surface area contributed by atoms with Gasteiger partial charge in [-0.05, 0) is 38.1 Å². The van der Waals surface area contributed by atoms with Crippen LogP contribution in [0.2, 0.25) is 0 Å². The molecule has 0 saturated heterocycles. The van der Waals surface area contributed by atoms with Crippen LogP contribution in [-0.2, 0) is 0 Å². The maximum Gasteiger partial charge on any atom is 0.277 e. The van der Waals surface area contributed by atoms with Crippen LogP contribution in [0.4, 0.5) is 10.2 Å². The Morgan fingerprint density at radius 3 is 2.52 bits per heavy atom. The van der Waals surface area contributed by atoms with E-state index in [4.69, 9.17) is 0 Å². The highest BCUT2D eigenvalue weighted by molar-refractivity contribution is 6.03. The normalized spacial score (nSPS) is 10.6. The number of benzene rings is 1. The molecule has 0 aliphatic rings. The Morgan fingerprint density at radius 2 is 1.87 bits per heavy atom. The minimum absolute atomic E-state index is 0.280. The molecule has 1 aromatic carbocycles. The molecular weight excluding hydrogens is 295 g/mol. The van der Waals surface area contributed by atoms with Gasteiger partial charge in [-0.3, -0.25) is 4.79 Å². The Labute approximate surface area is 132 Å². The van der Waals surface area contributed by atoms with Crippen molar-refractivity contribution in [1.29, 1.82) is 0 Å². The summed E-state index contributed by atoms with van der Waals surface area (Å²) in [5.74, 6) is 0.163. The van der Waals surface area contributed by atoms with Crippen LogP contribution in [0.3, 0.4) is 0 Å². The Bertz CT molecular complexity index is 841. The predicted octanol–water partition coefficient (Wildman–Crippen LogP) is 3.28. The van der Waals surface area contributed by atoms with Crippen LogP contribution >= 0.6 is 0 Å². The Balaban J connectivity index is 1.92. The first kappa shape index (κ1) is 14.9. The van der Waals surface area contributed by atoms with Gasteiger partial charge in [0.1, 0.15) is 23.2 Å². The molecule has 3 rings (SSSR count). The van der Waals surface area contributed by atoms with Gasteiger partial charge in [0.05, 0.1) is 11.9 Å². The van der Waals surface area contributed by atoms with E-state index in [0.717, 1.165) is 17.6 Å². The van der Waals surface area contributed by atoms with Crippen LogP contribution in [0, 0.1) is 19.7 Å². The fourth-order valence-electron chi connectivity index (χ4n) is 2.44. The van der Waals surface area contributed by atoms with Gasteiger partial charge in [0.25, 0.3) is 5.91 Å². The van der Waals surface area contributed by atoms with Gasteiger partial charge in [0, 0.05) is 5.69 Å². The summed E-state index contributed by atoms with van der Waals surface area (Å²) in [5.41, 5.74) is 1.99. The average molecular weight is 310 g/mol. The van der Waals surface area contributed by atoms with Gasteiger partial charge in [-0.2, -0.15) is 0 Å². The molecule has 1 N–H and O–H groups in total. The number of imidazole rings is 1. The molecule has 0 fully saturated rings. The number of hydrogen-bond acceptors (Lipinski definition) is 3. The second-order valence-corrected chi connectivity index (χ2v) is 5.08. The molecule has 1 amide bonds. The molecule has 0 radical (unpaired) electrons.